The molecule has 19 heavy (non-hydrogen) atoms. The number of halogens is 1. The van der Waals surface area contributed by atoms with Crippen LogP contribution in [-0.2, 0) is 0 Å². The molecule has 1 aromatic carbocycles. The molecule has 0 aliphatic rings. The van der Waals surface area contributed by atoms with Crippen LogP contribution in [-0.4, -0.2) is 37.0 Å². The lowest BCUT2D eigenvalue weighted by Crippen LogP contribution is -2.37. The molecule has 0 fully saturated rings. The topological polar surface area (TPSA) is 58.4 Å². The number of hydrogen-bond acceptors (Lipinski definition) is 3. The van der Waals surface area contributed by atoms with Gasteiger partial charge in [-0.15, -0.1) is 0 Å². The molecule has 1 rings (SSSR count). The van der Waals surface area contributed by atoms with Gasteiger partial charge in [-0.2, -0.15) is 0 Å². The quantitative estimate of drug-likeness (QED) is 0.789. The van der Waals surface area contributed by atoms with Crippen LogP contribution in [0.15, 0.2) is 22.7 Å². The largest absolute Gasteiger partial charge is 0.398 e. The van der Waals surface area contributed by atoms with Crippen LogP contribution in [0.3, 0.4) is 0 Å². The normalized spacial score (nSPS) is 12.5. The van der Waals surface area contributed by atoms with Gasteiger partial charge in [0.15, 0.2) is 0 Å². The van der Waals surface area contributed by atoms with Gasteiger partial charge in [-0.1, -0.05) is 13.0 Å². The van der Waals surface area contributed by atoms with Crippen LogP contribution >= 0.6 is 15.9 Å². The predicted molar refractivity (Wildman–Crippen MR) is 83.3 cm³/mol. The van der Waals surface area contributed by atoms with Gasteiger partial charge in [0.2, 0.25) is 0 Å². The van der Waals surface area contributed by atoms with Crippen molar-refractivity contribution in [1.82, 2.24) is 10.2 Å². The average Bonchev–Trinajstić information content (AvgIpc) is 2.40. The average molecular weight is 328 g/mol. The molecule has 1 atom stereocenters. The molecule has 1 aromatic rings. The van der Waals surface area contributed by atoms with E-state index in [4.69, 9.17) is 5.73 Å². The highest BCUT2D eigenvalue weighted by molar-refractivity contribution is 9.10. The maximum atomic E-state index is 12.0. The van der Waals surface area contributed by atoms with E-state index < -0.39 is 0 Å². The van der Waals surface area contributed by atoms with Gasteiger partial charge in [0, 0.05) is 24.8 Å². The summed E-state index contributed by atoms with van der Waals surface area (Å²) in [5, 5.41) is 2.91. The van der Waals surface area contributed by atoms with Crippen LogP contribution in [0.4, 0.5) is 5.69 Å². The Morgan fingerprint density at radius 3 is 2.84 bits per heavy atom. The van der Waals surface area contributed by atoms with E-state index in [9.17, 15) is 4.79 Å². The van der Waals surface area contributed by atoms with E-state index in [1.54, 1.807) is 18.2 Å². The third-order valence-corrected chi connectivity index (χ3v) is 4.25. The minimum atomic E-state index is -0.100. The van der Waals surface area contributed by atoms with Crippen LogP contribution in [0.1, 0.15) is 30.6 Å². The van der Waals surface area contributed by atoms with E-state index in [1.807, 2.05) is 0 Å². The molecule has 0 radical (unpaired) electrons. The van der Waals surface area contributed by atoms with Gasteiger partial charge in [0.05, 0.1) is 10.0 Å². The fourth-order valence-electron chi connectivity index (χ4n) is 1.70. The van der Waals surface area contributed by atoms with Gasteiger partial charge in [0.25, 0.3) is 5.91 Å². The number of rotatable bonds is 6. The zero-order chi connectivity index (χ0) is 14.4. The van der Waals surface area contributed by atoms with Gasteiger partial charge in [-0.3, -0.25) is 4.79 Å². The summed E-state index contributed by atoms with van der Waals surface area (Å²) in [6.07, 6.45) is 1.10. The van der Waals surface area contributed by atoms with Gasteiger partial charge < -0.3 is 16.0 Å². The second-order valence-electron chi connectivity index (χ2n) is 4.70. The van der Waals surface area contributed by atoms with Crippen LogP contribution in [0, 0.1) is 0 Å². The van der Waals surface area contributed by atoms with Crippen molar-refractivity contribution < 1.29 is 4.79 Å². The Bertz CT molecular complexity index is 437. The molecule has 0 aliphatic carbocycles. The number of hydrogen-bond donors (Lipinski definition) is 2. The first-order valence-corrected chi connectivity index (χ1v) is 7.29. The molecule has 106 valence electrons. The van der Waals surface area contributed by atoms with Crippen molar-refractivity contribution in [3.63, 3.8) is 0 Å². The SMILES string of the molecule is CCC(C)N(C)CCNC(=O)c1cccc(N)c1Br. The molecule has 3 N–H and O–H groups in total. The number of carbonyl (C=O) groups is 1. The Morgan fingerprint density at radius 2 is 2.21 bits per heavy atom. The summed E-state index contributed by atoms with van der Waals surface area (Å²) < 4.78 is 0.655. The third kappa shape index (κ3) is 4.51. The van der Waals surface area contributed by atoms with Crippen molar-refractivity contribution in [2.24, 2.45) is 0 Å². The first kappa shape index (κ1) is 16.0. The molecule has 1 amide bonds. The maximum absolute atomic E-state index is 12.0. The molecule has 0 bridgehead atoms. The summed E-state index contributed by atoms with van der Waals surface area (Å²) in [4.78, 5) is 14.3. The van der Waals surface area contributed by atoms with Crippen LogP contribution in [0.2, 0.25) is 0 Å². The monoisotopic (exact) mass is 327 g/mol. The van der Waals surface area contributed by atoms with Crippen LogP contribution in [0.5, 0.6) is 0 Å². The lowest BCUT2D eigenvalue weighted by molar-refractivity contribution is 0.0946. The summed E-state index contributed by atoms with van der Waals surface area (Å²) in [5.74, 6) is -0.100. The highest BCUT2D eigenvalue weighted by Gasteiger charge is 2.12. The van der Waals surface area contributed by atoms with Gasteiger partial charge in [0.1, 0.15) is 0 Å². The molecular formula is C14H22BrN3O. The molecule has 5 heteroatoms. The molecule has 4 nitrogen and oxygen atoms in total. The Kier molecular flexibility index (Phi) is 6.31. The Hall–Kier alpha value is -1.07. The first-order valence-electron chi connectivity index (χ1n) is 6.49. The number of nitrogens with zero attached hydrogens (tertiary/aromatic N) is 1. The lowest BCUT2D eigenvalue weighted by Gasteiger charge is -2.23. The fraction of sp³-hybridized carbons (Fsp3) is 0.500. The minimum absolute atomic E-state index is 0.100. The summed E-state index contributed by atoms with van der Waals surface area (Å²) in [5.41, 5.74) is 6.91. The Morgan fingerprint density at radius 1 is 1.53 bits per heavy atom. The number of nitrogens with two attached hydrogens (primary N) is 1. The van der Waals surface area contributed by atoms with Crippen molar-refractivity contribution in [3.05, 3.63) is 28.2 Å². The zero-order valence-corrected chi connectivity index (χ0v) is 13.3. The fourth-order valence-corrected chi connectivity index (χ4v) is 2.14. The third-order valence-electron chi connectivity index (χ3n) is 3.37. The van der Waals surface area contributed by atoms with Crippen molar-refractivity contribution in [2.45, 2.75) is 26.3 Å². The number of carbonyl (C=O) groups excluding carboxylic acids is 1. The minimum Gasteiger partial charge on any atom is -0.398 e. The Balaban J connectivity index is 2.50. The highest BCUT2D eigenvalue weighted by Crippen LogP contribution is 2.23. The number of nitrogens with one attached hydrogen (secondary N) is 1. The van der Waals surface area contributed by atoms with Crippen LogP contribution < -0.4 is 11.1 Å². The molecule has 0 aromatic heterocycles. The molecule has 0 aliphatic heterocycles. The highest BCUT2D eigenvalue weighted by atomic mass is 79.9. The van der Waals surface area contributed by atoms with E-state index >= 15 is 0 Å². The molecule has 0 saturated carbocycles. The molecule has 1 unspecified atom stereocenters. The van der Waals surface area contributed by atoms with E-state index in [0.717, 1.165) is 13.0 Å². The molecule has 0 heterocycles. The van der Waals surface area contributed by atoms with Gasteiger partial charge >= 0.3 is 0 Å². The standard InChI is InChI=1S/C14H22BrN3O/c1-4-10(2)18(3)9-8-17-14(19)11-6-5-7-12(16)13(11)15/h5-7,10H,4,8-9,16H2,1-3H3,(H,17,19). The van der Waals surface area contributed by atoms with Crippen molar-refractivity contribution in [2.75, 3.05) is 25.9 Å². The summed E-state index contributed by atoms with van der Waals surface area (Å²) in [6.45, 7) is 5.79. The van der Waals surface area contributed by atoms with E-state index in [-0.39, 0.29) is 5.91 Å². The summed E-state index contributed by atoms with van der Waals surface area (Å²) in [7, 11) is 2.07. The number of likely N-dealkylation sites (N-methyl/N-ethyl adjacent to an activating group) is 1. The number of anilines is 1. The van der Waals surface area contributed by atoms with E-state index in [0.29, 0.717) is 28.3 Å². The van der Waals surface area contributed by atoms with Crippen molar-refractivity contribution in [3.8, 4) is 0 Å². The van der Waals surface area contributed by atoms with E-state index in [1.165, 1.54) is 0 Å². The maximum Gasteiger partial charge on any atom is 0.252 e. The lowest BCUT2D eigenvalue weighted by atomic mass is 10.2. The summed E-state index contributed by atoms with van der Waals surface area (Å²) >= 11 is 3.34. The smallest absolute Gasteiger partial charge is 0.252 e. The van der Waals surface area contributed by atoms with Crippen LogP contribution in [0.25, 0.3) is 0 Å². The molecule has 0 spiro atoms. The zero-order valence-electron chi connectivity index (χ0n) is 11.7. The van der Waals surface area contributed by atoms with Crippen molar-refractivity contribution >= 4 is 27.5 Å². The predicted octanol–water partition coefficient (Wildman–Crippen LogP) is 2.49. The first-order chi connectivity index (χ1) is 8.97. The summed E-state index contributed by atoms with van der Waals surface area (Å²) in [6, 6.07) is 5.82. The number of amides is 1. The molecular weight excluding hydrogens is 306 g/mol. The van der Waals surface area contributed by atoms with Gasteiger partial charge in [-0.05, 0) is 48.5 Å². The Labute approximate surface area is 123 Å². The second kappa shape index (κ2) is 7.50. The second-order valence-corrected chi connectivity index (χ2v) is 5.50. The van der Waals surface area contributed by atoms with Gasteiger partial charge in [-0.25, -0.2) is 0 Å². The van der Waals surface area contributed by atoms with Crippen molar-refractivity contribution in [1.29, 1.82) is 0 Å². The molecule has 0 saturated heterocycles. The van der Waals surface area contributed by atoms with E-state index in [2.05, 4.69) is 47.0 Å². The number of benzene rings is 1. The number of nitrogen functional groups attached to an aromatic ring is 1.